The second kappa shape index (κ2) is 6.20. The van der Waals surface area contributed by atoms with Gasteiger partial charge in [-0.25, -0.2) is 0 Å². The fourth-order valence-electron chi connectivity index (χ4n) is 3.42. The number of carboxylic acid groups (broad SMARTS) is 1. The van der Waals surface area contributed by atoms with E-state index in [-0.39, 0.29) is 18.2 Å². The maximum atomic E-state index is 11.2. The molecule has 110 valence electrons. The van der Waals surface area contributed by atoms with Crippen LogP contribution in [-0.4, -0.2) is 69.8 Å². The van der Waals surface area contributed by atoms with Gasteiger partial charge in [-0.3, -0.25) is 14.6 Å². The molecule has 0 aromatic heterocycles. The lowest BCUT2D eigenvalue weighted by atomic mass is 9.99. The Morgan fingerprint density at radius 1 is 1.16 bits per heavy atom. The Morgan fingerprint density at radius 3 is 2.32 bits per heavy atom. The van der Waals surface area contributed by atoms with Crippen LogP contribution >= 0.6 is 0 Å². The van der Waals surface area contributed by atoms with Crippen molar-refractivity contribution in [2.75, 3.05) is 19.6 Å². The van der Waals surface area contributed by atoms with Crippen LogP contribution in [0.15, 0.2) is 0 Å². The van der Waals surface area contributed by atoms with E-state index in [0.29, 0.717) is 6.04 Å². The molecule has 5 heteroatoms. The van der Waals surface area contributed by atoms with Crippen molar-refractivity contribution in [2.24, 2.45) is 0 Å². The molecule has 2 fully saturated rings. The maximum Gasteiger partial charge on any atom is 0.320 e. The van der Waals surface area contributed by atoms with Crippen LogP contribution < -0.4 is 0 Å². The summed E-state index contributed by atoms with van der Waals surface area (Å²) in [6.45, 7) is 6.73. The first-order chi connectivity index (χ1) is 9.00. The zero-order chi connectivity index (χ0) is 14.0. The first-order valence-electron chi connectivity index (χ1n) is 7.41. The predicted octanol–water partition coefficient (Wildman–Crippen LogP) is 0.769. The van der Waals surface area contributed by atoms with Gasteiger partial charge in [-0.1, -0.05) is 0 Å². The summed E-state index contributed by atoms with van der Waals surface area (Å²) in [7, 11) is 0. The molecule has 0 spiro atoms. The van der Waals surface area contributed by atoms with Crippen LogP contribution in [0.2, 0.25) is 0 Å². The fraction of sp³-hybridized carbons (Fsp3) is 0.929. The van der Waals surface area contributed by atoms with Crippen molar-refractivity contribution < 1.29 is 15.0 Å². The Morgan fingerprint density at radius 2 is 1.79 bits per heavy atom. The second-order valence-corrected chi connectivity index (χ2v) is 5.98. The Labute approximate surface area is 115 Å². The molecule has 0 aromatic carbocycles. The minimum atomic E-state index is -0.669. The molecule has 5 nitrogen and oxygen atoms in total. The number of aliphatic hydroxyl groups excluding tert-OH is 1. The molecule has 0 bridgehead atoms. The number of rotatable bonds is 4. The number of carboxylic acids is 1. The van der Waals surface area contributed by atoms with Crippen molar-refractivity contribution in [3.05, 3.63) is 0 Å². The Kier molecular flexibility index (Phi) is 4.81. The van der Waals surface area contributed by atoms with Gasteiger partial charge in [0.25, 0.3) is 0 Å². The average molecular weight is 270 g/mol. The van der Waals surface area contributed by atoms with Crippen LogP contribution in [0.4, 0.5) is 0 Å². The zero-order valence-electron chi connectivity index (χ0n) is 12.0. The number of nitrogens with zero attached hydrogens (tertiary/aromatic N) is 2. The molecule has 2 N–H and O–H groups in total. The lowest BCUT2D eigenvalue weighted by Gasteiger charge is -2.41. The SMILES string of the molecule is CC(O)C(C)N1CCC(N2CCCC2C(=O)O)CC1. The zero-order valence-corrected chi connectivity index (χ0v) is 12.0. The Bertz CT molecular complexity index is 314. The van der Waals surface area contributed by atoms with E-state index in [2.05, 4.69) is 16.7 Å². The highest BCUT2D eigenvalue weighted by atomic mass is 16.4. The van der Waals surface area contributed by atoms with Gasteiger partial charge in [-0.15, -0.1) is 0 Å². The number of piperidine rings is 1. The molecule has 0 amide bonds. The molecule has 3 atom stereocenters. The Hall–Kier alpha value is -0.650. The molecule has 2 aliphatic rings. The normalized spacial score (nSPS) is 30.4. The van der Waals surface area contributed by atoms with Gasteiger partial charge in [0.1, 0.15) is 6.04 Å². The molecular formula is C14H26N2O3. The summed E-state index contributed by atoms with van der Waals surface area (Å²) in [5, 5.41) is 18.9. The Balaban J connectivity index is 1.88. The van der Waals surface area contributed by atoms with Crippen LogP contribution in [0.1, 0.15) is 39.5 Å². The van der Waals surface area contributed by atoms with Crippen LogP contribution in [-0.2, 0) is 4.79 Å². The minimum Gasteiger partial charge on any atom is -0.480 e. The average Bonchev–Trinajstić information content (AvgIpc) is 2.87. The molecule has 2 heterocycles. The van der Waals surface area contributed by atoms with Crippen molar-refractivity contribution in [3.63, 3.8) is 0 Å². The van der Waals surface area contributed by atoms with Crippen LogP contribution in [0, 0.1) is 0 Å². The van der Waals surface area contributed by atoms with E-state index in [1.807, 2.05) is 6.92 Å². The van der Waals surface area contributed by atoms with Gasteiger partial charge in [0.05, 0.1) is 6.10 Å². The van der Waals surface area contributed by atoms with E-state index in [1.54, 1.807) is 0 Å². The lowest BCUT2D eigenvalue weighted by molar-refractivity contribution is -0.143. The number of hydrogen-bond acceptors (Lipinski definition) is 4. The van der Waals surface area contributed by atoms with Gasteiger partial charge in [0.2, 0.25) is 0 Å². The smallest absolute Gasteiger partial charge is 0.320 e. The summed E-state index contributed by atoms with van der Waals surface area (Å²) >= 11 is 0. The van der Waals surface area contributed by atoms with Crippen LogP contribution in [0.25, 0.3) is 0 Å². The van der Waals surface area contributed by atoms with E-state index >= 15 is 0 Å². The van der Waals surface area contributed by atoms with Crippen molar-refractivity contribution in [1.29, 1.82) is 0 Å². The van der Waals surface area contributed by atoms with Crippen molar-refractivity contribution >= 4 is 5.97 Å². The first-order valence-corrected chi connectivity index (χ1v) is 7.41. The largest absolute Gasteiger partial charge is 0.480 e. The van der Waals surface area contributed by atoms with E-state index in [0.717, 1.165) is 45.3 Å². The number of aliphatic carboxylic acids is 1. The molecule has 2 aliphatic heterocycles. The maximum absolute atomic E-state index is 11.2. The second-order valence-electron chi connectivity index (χ2n) is 5.98. The van der Waals surface area contributed by atoms with Gasteiger partial charge in [-0.2, -0.15) is 0 Å². The summed E-state index contributed by atoms with van der Waals surface area (Å²) in [6, 6.07) is 0.321. The van der Waals surface area contributed by atoms with Gasteiger partial charge >= 0.3 is 5.97 Å². The van der Waals surface area contributed by atoms with Crippen LogP contribution in [0.3, 0.4) is 0 Å². The number of likely N-dealkylation sites (tertiary alicyclic amines) is 2. The predicted molar refractivity (Wildman–Crippen MR) is 73.1 cm³/mol. The molecule has 0 aromatic rings. The topological polar surface area (TPSA) is 64.0 Å². The van der Waals surface area contributed by atoms with Crippen LogP contribution in [0.5, 0.6) is 0 Å². The standard InChI is InChI=1S/C14H26N2O3/c1-10(11(2)17)15-8-5-12(6-9-15)16-7-3-4-13(16)14(18)19/h10-13,17H,3-9H2,1-2H3,(H,18,19). The number of aliphatic hydroxyl groups is 1. The molecule has 0 aliphatic carbocycles. The molecule has 2 saturated heterocycles. The summed E-state index contributed by atoms with van der Waals surface area (Å²) in [6.07, 6.45) is 3.51. The molecule has 2 rings (SSSR count). The highest BCUT2D eigenvalue weighted by Crippen LogP contribution is 2.27. The summed E-state index contributed by atoms with van der Waals surface area (Å²) in [4.78, 5) is 15.7. The van der Waals surface area contributed by atoms with E-state index in [9.17, 15) is 15.0 Å². The first kappa shape index (κ1) is 14.8. The van der Waals surface area contributed by atoms with Crippen molar-refractivity contribution in [1.82, 2.24) is 9.80 Å². The van der Waals surface area contributed by atoms with E-state index in [1.165, 1.54) is 0 Å². The molecule has 0 saturated carbocycles. The summed E-state index contributed by atoms with van der Waals surface area (Å²) < 4.78 is 0. The molecule has 3 unspecified atom stereocenters. The lowest BCUT2D eigenvalue weighted by Crippen LogP contribution is -2.52. The van der Waals surface area contributed by atoms with Gasteiger partial charge in [-0.05, 0) is 46.1 Å². The minimum absolute atomic E-state index is 0.190. The third-order valence-electron chi connectivity index (χ3n) is 4.82. The highest BCUT2D eigenvalue weighted by molar-refractivity contribution is 5.73. The quantitative estimate of drug-likeness (QED) is 0.790. The van der Waals surface area contributed by atoms with Gasteiger partial charge < -0.3 is 10.2 Å². The molecular weight excluding hydrogens is 244 g/mol. The van der Waals surface area contributed by atoms with Gasteiger partial charge in [0.15, 0.2) is 0 Å². The fourth-order valence-corrected chi connectivity index (χ4v) is 3.42. The summed E-state index contributed by atoms with van der Waals surface area (Å²) in [5.41, 5.74) is 0. The van der Waals surface area contributed by atoms with E-state index in [4.69, 9.17) is 0 Å². The third kappa shape index (κ3) is 3.27. The number of hydrogen-bond donors (Lipinski definition) is 2. The van der Waals surface area contributed by atoms with Crippen molar-refractivity contribution in [3.8, 4) is 0 Å². The molecule has 19 heavy (non-hydrogen) atoms. The highest BCUT2D eigenvalue weighted by Gasteiger charge is 2.37. The number of carbonyl (C=O) groups is 1. The van der Waals surface area contributed by atoms with Crippen molar-refractivity contribution in [2.45, 2.75) is 63.8 Å². The third-order valence-corrected chi connectivity index (χ3v) is 4.82. The van der Waals surface area contributed by atoms with E-state index < -0.39 is 5.97 Å². The van der Waals surface area contributed by atoms with Gasteiger partial charge in [0, 0.05) is 25.2 Å². The molecule has 0 radical (unpaired) electrons. The summed E-state index contributed by atoms with van der Waals surface area (Å²) in [5.74, 6) is -0.669. The monoisotopic (exact) mass is 270 g/mol.